The lowest BCUT2D eigenvalue weighted by Crippen LogP contribution is -2.36. The lowest BCUT2D eigenvalue weighted by molar-refractivity contribution is -0.198. The highest BCUT2D eigenvalue weighted by Crippen LogP contribution is 2.40. The molecule has 1 aliphatic heterocycles. The summed E-state index contributed by atoms with van der Waals surface area (Å²) in [5.74, 6) is -0.305. The van der Waals surface area contributed by atoms with Crippen LogP contribution in [0.2, 0.25) is 5.02 Å². The maximum absolute atomic E-state index is 11.3. The number of fused-ring (bicyclic) bond motifs is 1. The minimum Gasteiger partial charge on any atom is -0.367 e. The fraction of sp³-hybridized carbons (Fsp3) is 0.267. The third kappa shape index (κ3) is 5.77. The van der Waals surface area contributed by atoms with Gasteiger partial charge >= 0.3 is 16.4 Å². The van der Waals surface area contributed by atoms with Crippen LogP contribution in [0, 0.1) is 0 Å². The highest BCUT2D eigenvalue weighted by molar-refractivity contribution is 7.79. The average molecular weight is 406 g/mol. The summed E-state index contributed by atoms with van der Waals surface area (Å²) in [7, 11) is -4.67. The van der Waals surface area contributed by atoms with E-state index in [1.54, 1.807) is 16.4 Å². The molecule has 0 fully saturated rings. The predicted molar refractivity (Wildman–Crippen MR) is 94.0 cm³/mol. The Hall–Kier alpha value is -1.49. The van der Waals surface area contributed by atoms with Crippen molar-refractivity contribution in [3.8, 4) is 0 Å². The molecular weight excluding hydrogens is 390 g/mol. The van der Waals surface area contributed by atoms with Crippen LogP contribution in [0.15, 0.2) is 35.7 Å². The van der Waals surface area contributed by atoms with E-state index in [9.17, 15) is 4.79 Å². The summed E-state index contributed by atoms with van der Waals surface area (Å²) in [5, 5.41) is 4.50. The first-order chi connectivity index (χ1) is 11.7. The highest BCUT2D eigenvalue weighted by atomic mass is 35.5. The number of hydrogen-bond acceptors (Lipinski definition) is 6. The molecule has 136 valence electrons. The van der Waals surface area contributed by atoms with Crippen LogP contribution >= 0.6 is 22.9 Å². The molecule has 0 aliphatic carbocycles. The molecule has 2 aromatic rings. The molecule has 1 unspecified atom stereocenters. The molecule has 1 aromatic heterocycles. The SMILES string of the molecule is CC(=O)ON1CCc2sccc2C1c1ccccc1Cl.O=S(=O)(O)O. The molecule has 2 heterocycles. The number of rotatable bonds is 2. The van der Waals surface area contributed by atoms with E-state index in [1.165, 1.54) is 17.4 Å². The number of hydroxylamine groups is 2. The van der Waals surface area contributed by atoms with Crippen molar-refractivity contribution in [1.82, 2.24) is 5.06 Å². The first-order valence-corrected chi connectivity index (χ1v) is 9.78. The van der Waals surface area contributed by atoms with E-state index in [4.69, 9.17) is 34.0 Å². The van der Waals surface area contributed by atoms with Crippen molar-refractivity contribution in [1.29, 1.82) is 0 Å². The number of carbonyl (C=O) groups excluding carboxylic acids is 1. The Balaban J connectivity index is 0.000000399. The molecule has 1 aliphatic rings. The van der Waals surface area contributed by atoms with Crippen molar-refractivity contribution >= 4 is 39.3 Å². The number of nitrogens with zero attached hydrogens (tertiary/aromatic N) is 1. The summed E-state index contributed by atoms with van der Waals surface area (Å²) < 4.78 is 31.6. The Morgan fingerprint density at radius 1 is 1.28 bits per heavy atom. The van der Waals surface area contributed by atoms with Gasteiger partial charge in [0.15, 0.2) is 0 Å². The topological polar surface area (TPSA) is 104 Å². The van der Waals surface area contributed by atoms with Gasteiger partial charge in [0.25, 0.3) is 0 Å². The van der Waals surface area contributed by atoms with E-state index in [0.29, 0.717) is 11.6 Å². The van der Waals surface area contributed by atoms with Crippen molar-refractivity contribution in [2.45, 2.75) is 19.4 Å². The third-order valence-corrected chi connectivity index (χ3v) is 4.71. The van der Waals surface area contributed by atoms with Gasteiger partial charge in [0.1, 0.15) is 0 Å². The van der Waals surface area contributed by atoms with E-state index < -0.39 is 10.4 Å². The predicted octanol–water partition coefficient (Wildman–Crippen LogP) is 3.17. The van der Waals surface area contributed by atoms with E-state index in [1.807, 2.05) is 24.3 Å². The van der Waals surface area contributed by atoms with Gasteiger partial charge < -0.3 is 4.84 Å². The molecule has 3 rings (SSSR count). The Morgan fingerprint density at radius 3 is 2.52 bits per heavy atom. The molecule has 0 radical (unpaired) electrons. The molecule has 0 saturated carbocycles. The van der Waals surface area contributed by atoms with Crippen molar-refractivity contribution in [2.75, 3.05) is 6.54 Å². The summed E-state index contributed by atoms with van der Waals surface area (Å²) >= 11 is 8.07. The molecule has 10 heteroatoms. The standard InChI is InChI=1S/C15H14ClNO2S.H2O4S/c1-10(18)19-17-8-6-14-12(7-9-20-14)15(17)11-4-2-3-5-13(11)16;1-5(2,3)4/h2-5,7,9,15H,6,8H2,1H3;(H2,1,2,3,4). The zero-order valence-corrected chi connectivity index (χ0v) is 15.5. The smallest absolute Gasteiger partial charge is 0.367 e. The Labute approximate surface area is 154 Å². The molecule has 25 heavy (non-hydrogen) atoms. The Kier molecular flexibility index (Phi) is 6.55. The van der Waals surface area contributed by atoms with Crippen molar-refractivity contribution in [3.05, 3.63) is 56.7 Å². The number of thiophene rings is 1. The molecule has 2 N–H and O–H groups in total. The second-order valence-corrected chi connectivity index (χ2v) is 7.45. The van der Waals surface area contributed by atoms with Crippen LogP contribution in [0.25, 0.3) is 0 Å². The van der Waals surface area contributed by atoms with Gasteiger partial charge in [-0.25, -0.2) is 0 Å². The van der Waals surface area contributed by atoms with E-state index in [-0.39, 0.29) is 12.0 Å². The lowest BCUT2D eigenvalue weighted by atomic mass is 9.95. The average Bonchev–Trinajstić information content (AvgIpc) is 2.94. The van der Waals surface area contributed by atoms with Gasteiger partial charge in [0.2, 0.25) is 0 Å². The Bertz CT molecular complexity index is 843. The number of hydrogen-bond donors (Lipinski definition) is 2. The number of carbonyl (C=O) groups is 1. The molecule has 1 atom stereocenters. The first-order valence-electron chi connectivity index (χ1n) is 7.12. The fourth-order valence-corrected chi connectivity index (χ4v) is 3.72. The molecular formula is C15H16ClNO6S2. The molecule has 0 saturated heterocycles. The summed E-state index contributed by atoms with van der Waals surface area (Å²) in [6.07, 6.45) is 0.890. The normalized spacial score (nSPS) is 17.2. The largest absolute Gasteiger partial charge is 0.394 e. The van der Waals surface area contributed by atoms with Crippen molar-refractivity contribution in [3.63, 3.8) is 0 Å². The highest BCUT2D eigenvalue weighted by Gasteiger charge is 2.33. The monoisotopic (exact) mass is 405 g/mol. The third-order valence-electron chi connectivity index (χ3n) is 3.37. The summed E-state index contributed by atoms with van der Waals surface area (Å²) in [6.45, 7) is 2.11. The summed E-state index contributed by atoms with van der Waals surface area (Å²) in [4.78, 5) is 18.0. The zero-order chi connectivity index (χ0) is 18.6. The molecule has 0 amide bonds. The quantitative estimate of drug-likeness (QED) is 0.739. The van der Waals surface area contributed by atoms with Gasteiger partial charge in [-0.2, -0.15) is 8.42 Å². The molecule has 0 spiro atoms. The molecule has 1 aromatic carbocycles. The van der Waals surface area contributed by atoms with Gasteiger partial charge in [-0.3, -0.25) is 13.9 Å². The second-order valence-electron chi connectivity index (χ2n) is 5.14. The van der Waals surface area contributed by atoms with Gasteiger partial charge in [-0.15, -0.1) is 16.4 Å². The zero-order valence-electron chi connectivity index (χ0n) is 13.1. The van der Waals surface area contributed by atoms with Crippen LogP contribution in [-0.4, -0.2) is 35.1 Å². The van der Waals surface area contributed by atoms with Crippen molar-refractivity contribution in [2.24, 2.45) is 0 Å². The van der Waals surface area contributed by atoms with Crippen LogP contribution in [0.3, 0.4) is 0 Å². The van der Waals surface area contributed by atoms with Gasteiger partial charge in [-0.1, -0.05) is 29.8 Å². The fourth-order valence-electron chi connectivity index (χ4n) is 2.58. The maximum Gasteiger partial charge on any atom is 0.394 e. The van der Waals surface area contributed by atoms with E-state index >= 15 is 0 Å². The minimum atomic E-state index is -4.67. The first kappa shape index (κ1) is 19.8. The Morgan fingerprint density at radius 2 is 1.92 bits per heavy atom. The van der Waals surface area contributed by atoms with Crippen LogP contribution in [0.1, 0.15) is 29.0 Å². The van der Waals surface area contributed by atoms with Crippen molar-refractivity contribution < 1.29 is 27.2 Å². The minimum absolute atomic E-state index is 0.123. The van der Waals surface area contributed by atoms with Crippen LogP contribution < -0.4 is 0 Å². The number of halogens is 1. The number of benzene rings is 1. The summed E-state index contributed by atoms with van der Waals surface area (Å²) in [6, 6.07) is 9.67. The van der Waals surface area contributed by atoms with Gasteiger partial charge in [0, 0.05) is 23.4 Å². The van der Waals surface area contributed by atoms with Gasteiger partial charge in [-0.05, 0) is 35.1 Å². The van der Waals surface area contributed by atoms with E-state index in [2.05, 4.69) is 11.4 Å². The van der Waals surface area contributed by atoms with Crippen LogP contribution in [0.4, 0.5) is 0 Å². The van der Waals surface area contributed by atoms with Crippen LogP contribution in [0.5, 0.6) is 0 Å². The van der Waals surface area contributed by atoms with Crippen LogP contribution in [-0.2, 0) is 26.5 Å². The maximum atomic E-state index is 11.3. The van der Waals surface area contributed by atoms with Gasteiger partial charge in [0.05, 0.1) is 6.04 Å². The molecule has 0 bridgehead atoms. The van der Waals surface area contributed by atoms with E-state index in [0.717, 1.165) is 12.0 Å². The molecule has 7 nitrogen and oxygen atoms in total. The lowest BCUT2D eigenvalue weighted by Gasteiger charge is -2.34. The second kappa shape index (κ2) is 8.26. The summed E-state index contributed by atoms with van der Waals surface area (Å²) in [5.41, 5.74) is 2.14.